The van der Waals surface area contributed by atoms with Crippen LogP contribution in [0.5, 0.6) is 0 Å². The van der Waals surface area contributed by atoms with Crippen molar-refractivity contribution in [1.82, 2.24) is 0 Å². The summed E-state index contributed by atoms with van der Waals surface area (Å²) in [4.78, 5) is 0. The Morgan fingerprint density at radius 1 is 1.14 bits per heavy atom. The Labute approximate surface area is 85.3 Å². The first-order valence-electron chi connectivity index (χ1n) is 4.99. The van der Waals surface area contributed by atoms with E-state index >= 15 is 0 Å². The van der Waals surface area contributed by atoms with E-state index in [-0.39, 0.29) is 6.04 Å². The number of nitrogens with two attached hydrogens (primary N) is 3. The molecule has 78 valence electrons. The van der Waals surface area contributed by atoms with Crippen molar-refractivity contribution in [2.45, 2.75) is 18.9 Å². The van der Waals surface area contributed by atoms with Crippen LogP contribution in [0, 0.1) is 0 Å². The van der Waals surface area contributed by atoms with Gasteiger partial charge in [-0.2, -0.15) is 0 Å². The Morgan fingerprint density at radius 3 is 2.50 bits per heavy atom. The molecule has 0 bridgehead atoms. The normalized spacial score (nSPS) is 12.8. The van der Waals surface area contributed by atoms with E-state index in [1.165, 1.54) is 11.1 Å². The third-order valence-corrected chi connectivity index (χ3v) is 2.23. The van der Waals surface area contributed by atoms with E-state index in [4.69, 9.17) is 17.2 Å². The lowest BCUT2D eigenvalue weighted by molar-refractivity contribution is 0.678. The Bertz CT molecular complexity index is 273. The number of rotatable bonds is 5. The minimum atomic E-state index is 0.0585. The molecule has 1 aromatic carbocycles. The molecule has 0 aromatic heterocycles. The van der Waals surface area contributed by atoms with Gasteiger partial charge in [-0.3, -0.25) is 0 Å². The first-order chi connectivity index (χ1) is 6.76. The maximum absolute atomic E-state index is 5.78. The van der Waals surface area contributed by atoms with Gasteiger partial charge >= 0.3 is 0 Å². The molecule has 0 heterocycles. The number of benzene rings is 1. The molecule has 3 nitrogen and oxygen atoms in total. The van der Waals surface area contributed by atoms with E-state index in [1.807, 2.05) is 6.07 Å². The smallest absolute Gasteiger partial charge is 0.0203 e. The minimum Gasteiger partial charge on any atom is -0.330 e. The first-order valence-corrected chi connectivity index (χ1v) is 4.99. The van der Waals surface area contributed by atoms with Gasteiger partial charge in [-0.25, -0.2) is 0 Å². The van der Waals surface area contributed by atoms with Crippen molar-refractivity contribution in [3.05, 3.63) is 35.4 Å². The van der Waals surface area contributed by atoms with Gasteiger partial charge in [-0.1, -0.05) is 24.3 Å². The van der Waals surface area contributed by atoms with E-state index in [0.29, 0.717) is 13.1 Å². The molecule has 0 radical (unpaired) electrons. The standard InChI is InChI=1S/C11H19N3/c12-5-4-9-2-1-3-10(6-9)7-11(14)8-13/h1-3,6,11H,4-5,7-8,12-14H2. The highest BCUT2D eigenvalue weighted by Crippen LogP contribution is 2.07. The maximum Gasteiger partial charge on any atom is 0.0203 e. The van der Waals surface area contributed by atoms with Crippen molar-refractivity contribution < 1.29 is 0 Å². The van der Waals surface area contributed by atoms with Gasteiger partial charge in [0.15, 0.2) is 0 Å². The molecule has 1 unspecified atom stereocenters. The van der Waals surface area contributed by atoms with Crippen molar-refractivity contribution in [3.63, 3.8) is 0 Å². The van der Waals surface area contributed by atoms with Crippen LogP contribution in [0.3, 0.4) is 0 Å². The summed E-state index contributed by atoms with van der Waals surface area (Å²) in [7, 11) is 0. The summed E-state index contributed by atoms with van der Waals surface area (Å²) in [6, 6.07) is 8.43. The highest BCUT2D eigenvalue weighted by atomic mass is 14.7. The quantitative estimate of drug-likeness (QED) is 0.616. The SMILES string of the molecule is NCCc1cccc(CC(N)CN)c1. The van der Waals surface area contributed by atoms with Crippen molar-refractivity contribution in [1.29, 1.82) is 0 Å². The third kappa shape index (κ3) is 3.46. The highest BCUT2D eigenvalue weighted by Gasteiger charge is 2.01. The van der Waals surface area contributed by atoms with Crippen LogP contribution in [0.15, 0.2) is 24.3 Å². The van der Waals surface area contributed by atoms with Crippen molar-refractivity contribution >= 4 is 0 Å². The van der Waals surface area contributed by atoms with Crippen LogP contribution < -0.4 is 17.2 Å². The zero-order valence-corrected chi connectivity index (χ0v) is 8.45. The Hall–Kier alpha value is -0.900. The lowest BCUT2D eigenvalue weighted by atomic mass is 10.0. The number of hydrogen-bond donors (Lipinski definition) is 3. The molecule has 0 amide bonds. The predicted octanol–water partition coefficient (Wildman–Crippen LogP) is 0.0163. The third-order valence-electron chi connectivity index (χ3n) is 2.23. The summed E-state index contributed by atoms with van der Waals surface area (Å²) in [6.45, 7) is 1.22. The predicted molar refractivity (Wildman–Crippen MR) is 59.9 cm³/mol. The molecule has 0 spiro atoms. The van der Waals surface area contributed by atoms with Crippen LogP contribution in [-0.2, 0) is 12.8 Å². The maximum atomic E-state index is 5.78. The second-order valence-electron chi connectivity index (χ2n) is 3.56. The molecule has 1 aromatic rings. The lowest BCUT2D eigenvalue weighted by Crippen LogP contribution is -2.31. The fourth-order valence-electron chi connectivity index (χ4n) is 1.46. The van der Waals surface area contributed by atoms with Crippen molar-refractivity contribution in [2.75, 3.05) is 13.1 Å². The molecular formula is C11H19N3. The lowest BCUT2D eigenvalue weighted by Gasteiger charge is -2.09. The van der Waals surface area contributed by atoms with E-state index < -0.39 is 0 Å². The molecule has 0 aliphatic rings. The average Bonchev–Trinajstić information content (AvgIpc) is 2.19. The van der Waals surface area contributed by atoms with E-state index in [1.54, 1.807) is 0 Å². The number of hydrogen-bond acceptors (Lipinski definition) is 3. The fraction of sp³-hybridized carbons (Fsp3) is 0.455. The van der Waals surface area contributed by atoms with Crippen LogP contribution in [0.25, 0.3) is 0 Å². The second-order valence-corrected chi connectivity index (χ2v) is 3.56. The van der Waals surface area contributed by atoms with E-state index in [2.05, 4.69) is 18.2 Å². The molecule has 0 saturated heterocycles. The summed E-state index contributed by atoms with van der Waals surface area (Å²) in [5.41, 5.74) is 19.3. The van der Waals surface area contributed by atoms with Gasteiger partial charge < -0.3 is 17.2 Å². The average molecular weight is 193 g/mol. The topological polar surface area (TPSA) is 78.1 Å². The summed E-state index contributed by atoms with van der Waals surface area (Å²) >= 11 is 0. The highest BCUT2D eigenvalue weighted by molar-refractivity contribution is 5.24. The summed E-state index contributed by atoms with van der Waals surface area (Å²) in [5, 5.41) is 0. The van der Waals surface area contributed by atoms with Gasteiger partial charge in [0.1, 0.15) is 0 Å². The molecular weight excluding hydrogens is 174 g/mol. The Balaban J connectivity index is 2.63. The van der Waals surface area contributed by atoms with Gasteiger partial charge in [0, 0.05) is 12.6 Å². The van der Waals surface area contributed by atoms with Crippen LogP contribution in [0.2, 0.25) is 0 Å². The summed E-state index contributed by atoms with van der Waals surface area (Å²) in [6.07, 6.45) is 1.76. The molecule has 0 aliphatic heterocycles. The van der Waals surface area contributed by atoms with Crippen LogP contribution >= 0.6 is 0 Å². The minimum absolute atomic E-state index is 0.0585. The van der Waals surface area contributed by atoms with Gasteiger partial charge in [0.05, 0.1) is 0 Å². The molecule has 1 atom stereocenters. The van der Waals surface area contributed by atoms with Gasteiger partial charge in [0.2, 0.25) is 0 Å². The Morgan fingerprint density at radius 2 is 1.86 bits per heavy atom. The van der Waals surface area contributed by atoms with Crippen LogP contribution in [0.4, 0.5) is 0 Å². The van der Waals surface area contributed by atoms with E-state index in [0.717, 1.165) is 12.8 Å². The first kappa shape index (κ1) is 11.2. The van der Waals surface area contributed by atoms with Gasteiger partial charge in [0.25, 0.3) is 0 Å². The molecule has 3 heteroatoms. The van der Waals surface area contributed by atoms with E-state index in [9.17, 15) is 0 Å². The monoisotopic (exact) mass is 193 g/mol. The molecule has 14 heavy (non-hydrogen) atoms. The molecule has 0 saturated carbocycles. The second kappa shape index (κ2) is 5.75. The summed E-state index contributed by atoms with van der Waals surface area (Å²) < 4.78 is 0. The molecule has 0 fully saturated rings. The van der Waals surface area contributed by atoms with Gasteiger partial charge in [-0.15, -0.1) is 0 Å². The zero-order valence-electron chi connectivity index (χ0n) is 8.45. The van der Waals surface area contributed by atoms with Crippen LogP contribution in [0.1, 0.15) is 11.1 Å². The van der Waals surface area contributed by atoms with Crippen LogP contribution in [-0.4, -0.2) is 19.1 Å². The molecule has 6 N–H and O–H groups in total. The summed E-state index contributed by atoms with van der Waals surface area (Å²) in [5.74, 6) is 0. The van der Waals surface area contributed by atoms with Crippen molar-refractivity contribution in [2.24, 2.45) is 17.2 Å². The van der Waals surface area contributed by atoms with Gasteiger partial charge in [-0.05, 0) is 30.5 Å². The molecule has 0 aliphatic carbocycles. The zero-order chi connectivity index (χ0) is 10.4. The fourth-order valence-corrected chi connectivity index (χ4v) is 1.46. The largest absolute Gasteiger partial charge is 0.330 e. The molecule has 1 rings (SSSR count). The van der Waals surface area contributed by atoms with Crippen molar-refractivity contribution in [3.8, 4) is 0 Å². The Kier molecular flexibility index (Phi) is 4.59.